The van der Waals surface area contributed by atoms with E-state index in [9.17, 15) is 10.2 Å². The molecule has 11 heavy (non-hydrogen) atoms. The van der Waals surface area contributed by atoms with Crippen LogP contribution in [0.5, 0.6) is 0 Å². The smallest absolute Gasteiger partial charge is 0.185 e. The second-order valence-electron chi connectivity index (χ2n) is 2.84. The Labute approximate surface area is 65.7 Å². The molecule has 2 N–H and O–H groups in total. The van der Waals surface area contributed by atoms with Crippen LogP contribution in [0.2, 0.25) is 0 Å². The fourth-order valence-electron chi connectivity index (χ4n) is 1.22. The van der Waals surface area contributed by atoms with Gasteiger partial charge >= 0.3 is 0 Å². The van der Waals surface area contributed by atoms with Gasteiger partial charge in [0.25, 0.3) is 0 Å². The Kier molecular flexibility index (Phi) is 2.84. The van der Waals surface area contributed by atoms with Crippen LogP contribution in [0.1, 0.15) is 13.3 Å². The normalized spacial score (nSPS) is 45.8. The summed E-state index contributed by atoms with van der Waals surface area (Å²) in [5.41, 5.74) is 0. The van der Waals surface area contributed by atoms with Crippen molar-refractivity contribution in [1.29, 1.82) is 0 Å². The van der Waals surface area contributed by atoms with Gasteiger partial charge in [0.2, 0.25) is 0 Å². The van der Waals surface area contributed by atoms with E-state index in [1.54, 1.807) is 0 Å². The van der Waals surface area contributed by atoms with Crippen molar-refractivity contribution >= 4 is 0 Å². The van der Waals surface area contributed by atoms with Gasteiger partial charge in [-0.1, -0.05) is 0 Å². The highest BCUT2D eigenvalue weighted by atomic mass is 16.7. The SMILES string of the molecule is CO[C@@H]1O[C@@H](C)C[C@H](O)[C@H]1O. The Bertz CT molecular complexity index is 128. The minimum atomic E-state index is -0.920. The van der Waals surface area contributed by atoms with Gasteiger partial charge in [-0.05, 0) is 6.92 Å². The summed E-state index contributed by atoms with van der Waals surface area (Å²) in [7, 11) is 1.44. The van der Waals surface area contributed by atoms with Crippen LogP contribution in [0, 0.1) is 0 Å². The van der Waals surface area contributed by atoms with Gasteiger partial charge in [0, 0.05) is 13.5 Å². The van der Waals surface area contributed by atoms with Gasteiger partial charge < -0.3 is 19.7 Å². The first-order valence-electron chi connectivity index (χ1n) is 3.69. The molecule has 0 radical (unpaired) electrons. The summed E-state index contributed by atoms with van der Waals surface area (Å²) in [4.78, 5) is 0. The first-order valence-corrected chi connectivity index (χ1v) is 3.69. The highest BCUT2D eigenvalue weighted by Crippen LogP contribution is 2.19. The molecule has 0 aliphatic carbocycles. The Hall–Kier alpha value is -0.160. The zero-order valence-corrected chi connectivity index (χ0v) is 6.73. The molecule has 1 aliphatic rings. The number of rotatable bonds is 1. The Balaban J connectivity index is 2.51. The zero-order valence-electron chi connectivity index (χ0n) is 6.73. The topological polar surface area (TPSA) is 58.9 Å². The van der Waals surface area contributed by atoms with Crippen molar-refractivity contribution in [2.45, 2.75) is 37.9 Å². The first-order chi connectivity index (χ1) is 5.15. The molecular formula is C7H14O4. The van der Waals surface area contributed by atoms with E-state index in [2.05, 4.69) is 0 Å². The van der Waals surface area contributed by atoms with Crippen LogP contribution < -0.4 is 0 Å². The molecule has 1 saturated heterocycles. The minimum Gasteiger partial charge on any atom is -0.390 e. The minimum absolute atomic E-state index is 0.0571. The third kappa shape index (κ3) is 1.90. The third-order valence-corrected chi connectivity index (χ3v) is 1.85. The maximum Gasteiger partial charge on any atom is 0.185 e. The van der Waals surface area contributed by atoms with E-state index in [-0.39, 0.29) is 6.10 Å². The van der Waals surface area contributed by atoms with E-state index < -0.39 is 18.5 Å². The lowest BCUT2D eigenvalue weighted by atomic mass is 10.0. The lowest BCUT2D eigenvalue weighted by molar-refractivity contribution is -0.254. The van der Waals surface area contributed by atoms with Gasteiger partial charge in [0.1, 0.15) is 6.10 Å². The van der Waals surface area contributed by atoms with E-state index in [1.807, 2.05) is 6.92 Å². The second kappa shape index (κ2) is 3.49. The number of ether oxygens (including phenoxy) is 2. The summed E-state index contributed by atoms with van der Waals surface area (Å²) in [5.74, 6) is 0. The summed E-state index contributed by atoms with van der Waals surface area (Å²) >= 11 is 0. The number of hydrogen-bond acceptors (Lipinski definition) is 4. The van der Waals surface area contributed by atoms with Crippen molar-refractivity contribution in [2.24, 2.45) is 0 Å². The third-order valence-electron chi connectivity index (χ3n) is 1.85. The fraction of sp³-hybridized carbons (Fsp3) is 1.00. The van der Waals surface area contributed by atoms with Crippen LogP contribution in [0.15, 0.2) is 0 Å². The highest BCUT2D eigenvalue weighted by Gasteiger charge is 2.34. The van der Waals surface area contributed by atoms with Gasteiger partial charge in [-0.25, -0.2) is 0 Å². The molecule has 1 heterocycles. The van der Waals surface area contributed by atoms with Gasteiger partial charge in [-0.2, -0.15) is 0 Å². The molecule has 1 rings (SSSR count). The zero-order chi connectivity index (χ0) is 8.43. The Morgan fingerprint density at radius 1 is 1.45 bits per heavy atom. The lowest BCUT2D eigenvalue weighted by Crippen LogP contribution is -2.48. The summed E-state index contributed by atoms with van der Waals surface area (Å²) < 4.78 is 10.00. The van der Waals surface area contributed by atoms with Gasteiger partial charge in [0.15, 0.2) is 6.29 Å². The number of hydrogen-bond donors (Lipinski definition) is 2. The van der Waals surface area contributed by atoms with Gasteiger partial charge in [-0.15, -0.1) is 0 Å². The molecule has 0 amide bonds. The number of methoxy groups -OCH3 is 1. The maximum atomic E-state index is 9.26. The predicted octanol–water partition coefficient (Wildman–Crippen LogP) is -0.510. The average molecular weight is 162 g/mol. The highest BCUT2D eigenvalue weighted by molar-refractivity contribution is 4.78. The van der Waals surface area contributed by atoms with Crippen LogP contribution in [0.4, 0.5) is 0 Å². The molecule has 0 spiro atoms. The summed E-state index contributed by atoms with van der Waals surface area (Å²) in [5, 5.41) is 18.5. The molecular weight excluding hydrogens is 148 g/mol. The van der Waals surface area contributed by atoms with E-state index in [4.69, 9.17) is 9.47 Å². The number of aliphatic hydroxyl groups is 2. The van der Waals surface area contributed by atoms with Crippen molar-refractivity contribution in [3.05, 3.63) is 0 Å². The van der Waals surface area contributed by atoms with Crippen molar-refractivity contribution in [1.82, 2.24) is 0 Å². The van der Waals surface area contributed by atoms with Crippen molar-refractivity contribution in [3.63, 3.8) is 0 Å². The van der Waals surface area contributed by atoms with Crippen LogP contribution in [0.3, 0.4) is 0 Å². The molecule has 1 aliphatic heterocycles. The monoisotopic (exact) mass is 162 g/mol. The molecule has 0 aromatic rings. The second-order valence-corrected chi connectivity index (χ2v) is 2.84. The standard InChI is InChI=1S/C7H14O4/c1-4-3-5(8)6(9)7(10-2)11-4/h4-9H,3H2,1-2H3/t4-,5-,6+,7+/m0/s1. The van der Waals surface area contributed by atoms with Crippen molar-refractivity contribution in [2.75, 3.05) is 7.11 Å². The lowest BCUT2D eigenvalue weighted by Gasteiger charge is -2.34. The van der Waals surface area contributed by atoms with Crippen LogP contribution >= 0.6 is 0 Å². The van der Waals surface area contributed by atoms with Gasteiger partial charge in [0.05, 0.1) is 12.2 Å². The Morgan fingerprint density at radius 2 is 2.09 bits per heavy atom. The van der Waals surface area contributed by atoms with Crippen LogP contribution in [-0.4, -0.2) is 41.9 Å². The molecule has 0 saturated carbocycles. The van der Waals surface area contributed by atoms with Crippen molar-refractivity contribution < 1.29 is 19.7 Å². The summed E-state index contributed by atoms with van der Waals surface area (Å²) in [6.45, 7) is 1.83. The van der Waals surface area contributed by atoms with E-state index in [0.29, 0.717) is 6.42 Å². The number of aliphatic hydroxyl groups excluding tert-OH is 2. The molecule has 0 aromatic heterocycles. The molecule has 1 fully saturated rings. The van der Waals surface area contributed by atoms with E-state index in [1.165, 1.54) is 7.11 Å². The molecule has 0 bridgehead atoms. The van der Waals surface area contributed by atoms with Crippen molar-refractivity contribution in [3.8, 4) is 0 Å². The predicted molar refractivity (Wildman–Crippen MR) is 38.0 cm³/mol. The largest absolute Gasteiger partial charge is 0.390 e. The quantitative estimate of drug-likeness (QED) is 0.545. The average Bonchev–Trinajstić information content (AvgIpc) is 1.96. The molecule has 66 valence electrons. The molecule has 4 nitrogen and oxygen atoms in total. The maximum absolute atomic E-state index is 9.26. The fourth-order valence-corrected chi connectivity index (χ4v) is 1.22. The van der Waals surface area contributed by atoms with Crippen LogP contribution in [-0.2, 0) is 9.47 Å². The van der Waals surface area contributed by atoms with Gasteiger partial charge in [-0.3, -0.25) is 0 Å². The Morgan fingerprint density at radius 3 is 2.64 bits per heavy atom. The summed E-state index contributed by atoms with van der Waals surface area (Å²) in [6, 6.07) is 0. The van der Waals surface area contributed by atoms with E-state index >= 15 is 0 Å². The molecule has 0 unspecified atom stereocenters. The molecule has 4 heteroatoms. The molecule has 0 aromatic carbocycles. The first kappa shape index (κ1) is 8.93. The summed E-state index contributed by atoms with van der Waals surface area (Å²) in [6.07, 6.45) is -1.94. The molecule has 4 atom stereocenters. The van der Waals surface area contributed by atoms with E-state index in [0.717, 1.165) is 0 Å². The van der Waals surface area contributed by atoms with Crippen LogP contribution in [0.25, 0.3) is 0 Å².